The summed E-state index contributed by atoms with van der Waals surface area (Å²) in [6.07, 6.45) is 10.5. The summed E-state index contributed by atoms with van der Waals surface area (Å²) in [6.45, 7) is 1.50. The maximum atomic E-state index is 10.2. The first kappa shape index (κ1) is 33.8. The predicted octanol–water partition coefficient (Wildman–Crippen LogP) is -1.67. The molecule has 0 saturated carbocycles. The largest absolute Gasteiger partial charge is 1.00 e. The van der Waals surface area contributed by atoms with E-state index in [1.807, 2.05) is 0 Å². The Bertz CT molecular complexity index is 365. The zero-order chi connectivity index (χ0) is 20.1. The second kappa shape index (κ2) is 25.2. The monoisotopic (exact) mass is 412 g/mol. The summed E-state index contributed by atoms with van der Waals surface area (Å²) in [5, 5.41) is 32.4. The van der Waals surface area contributed by atoms with E-state index >= 15 is 0 Å². The Kier molecular flexibility index (Phi) is 32.8. The van der Waals surface area contributed by atoms with Crippen molar-refractivity contribution in [2.45, 2.75) is 77.2 Å². The summed E-state index contributed by atoms with van der Waals surface area (Å²) in [5.74, 6) is -0.659. The van der Waals surface area contributed by atoms with E-state index in [-0.39, 0.29) is 42.8 Å². The van der Waals surface area contributed by atoms with Crippen LogP contribution in [0.2, 0.25) is 0 Å². The van der Waals surface area contributed by atoms with Crippen LogP contribution in [0, 0.1) is 0 Å². The number of aliphatic hydroxyl groups excluding tert-OH is 3. The molecule has 0 bridgehead atoms. The van der Waals surface area contributed by atoms with Gasteiger partial charge in [0.2, 0.25) is 10.4 Å². The minimum Gasteiger partial charge on any atom is -0.726 e. The van der Waals surface area contributed by atoms with Crippen LogP contribution in [-0.2, 0) is 15.2 Å². The summed E-state index contributed by atoms with van der Waals surface area (Å²) < 4.78 is 32.8. The van der Waals surface area contributed by atoms with Crippen LogP contribution in [0.1, 0.15) is 71.1 Å². The third-order valence-electron chi connectivity index (χ3n) is 2.92. The fourth-order valence-electron chi connectivity index (χ4n) is 1.64. The van der Waals surface area contributed by atoms with E-state index in [2.05, 4.69) is 6.92 Å². The van der Waals surface area contributed by atoms with Gasteiger partial charge in [0.25, 0.3) is 0 Å². The molecule has 0 radical (unpaired) electrons. The first-order valence-electron chi connectivity index (χ1n) is 8.38. The van der Waals surface area contributed by atoms with Gasteiger partial charge in [0, 0.05) is 6.42 Å². The van der Waals surface area contributed by atoms with E-state index in [4.69, 9.17) is 37.9 Å². The van der Waals surface area contributed by atoms with Gasteiger partial charge in [0.15, 0.2) is 0 Å². The molecule has 0 heterocycles. The fourth-order valence-corrected chi connectivity index (χ4v) is 1.64. The molecule has 11 heteroatoms. The smallest absolute Gasteiger partial charge is 0.726 e. The molecule has 0 fully saturated rings. The van der Waals surface area contributed by atoms with Crippen LogP contribution in [0.3, 0.4) is 0 Å². The quantitative estimate of drug-likeness (QED) is 0.109. The fraction of sp³-hybridized carbons (Fsp3) is 0.933. The van der Waals surface area contributed by atoms with Crippen molar-refractivity contribution in [2.24, 2.45) is 0 Å². The minimum absolute atomic E-state index is 0. The Hall–Kier alpha value is 0.220. The molecule has 0 aliphatic heterocycles. The molecular formula is C15H33NaO9S. The van der Waals surface area contributed by atoms with Crippen LogP contribution >= 0.6 is 0 Å². The predicted molar refractivity (Wildman–Crippen MR) is 92.0 cm³/mol. The number of hydrogen-bond acceptors (Lipinski definition) is 7. The van der Waals surface area contributed by atoms with Crippen LogP contribution in [0.4, 0.5) is 0 Å². The van der Waals surface area contributed by atoms with Gasteiger partial charge < -0.3 is 25.0 Å². The van der Waals surface area contributed by atoms with E-state index < -0.39 is 22.5 Å². The second-order valence-corrected chi connectivity index (χ2v) is 6.27. The van der Waals surface area contributed by atoms with Crippen molar-refractivity contribution in [3.8, 4) is 0 Å². The number of carboxylic acids is 1. The van der Waals surface area contributed by atoms with Crippen molar-refractivity contribution in [1.82, 2.24) is 0 Å². The van der Waals surface area contributed by atoms with Crippen molar-refractivity contribution in [3.63, 3.8) is 0 Å². The van der Waals surface area contributed by atoms with Crippen LogP contribution in [0.15, 0.2) is 0 Å². The van der Waals surface area contributed by atoms with Gasteiger partial charge in [-0.05, 0) is 6.42 Å². The van der Waals surface area contributed by atoms with Gasteiger partial charge in [-0.2, -0.15) is 0 Å². The topological polar surface area (TPSA) is 175 Å². The normalized spacial score (nSPS) is 10.1. The molecule has 0 aromatic rings. The van der Waals surface area contributed by atoms with Crippen molar-refractivity contribution in [1.29, 1.82) is 0 Å². The maximum Gasteiger partial charge on any atom is 1.00 e. The number of rotatable bonds is 12. The van der Waals surface area contributed by atoms with Crippen molar-refractivity contribution < 1.29 is 72.3 Å². The number of aliphatic carboxylic acids is 1. The Labute approximate surface area is 178 Å². The van der Waals surface area contributed by atoms with E-state index in [1.54, 1.807) is 0 Å². The van der Waals surface area contributed by atoms with Crippen LogP contribution in [-0.4, -0.2) is 63.2 Å². The number of hydrogen-bond donors (Lipinski definition) is 5. The van der Waals surface area contributed by atoms with Gasteiger partial charge in [-0.1, -0.05) is 58.3 Å². The molecule has 0 aliphatic carbocycles. The third kappa shape index (κ3) is 56.4. The van der Waals surface area contributed by atoms with Gasteiger partial charge in [-0.25, -0.2) is 8.42 Å². The van der Waals surface area contributed by atoms with E-state index in [9.17, 15) is 4.79 Å². The zero-order valence-electron chi connectivity index (χ0n) is 15.8. The van der Waals surface area contributed by atoms with Crippen LogP contribution < -0.4 is 29.6 Å². The average molecular weight is 412 g/mol. The molecule has 0 atom stereocenters. The van der Waals surface area contributed by atoms with Gasteiger partial charge in [-0.3, -0.25) is 9.35 Å². The van der Waals surface area contributed by atoms with E-state index in [0.29, 0.717) is 6.42 Å². The van der Waals surface area contributed by atoms with Gasteiger partial charge >= 0.3 is 35.5 Å². The Morgan fingerprint density at radius 3 is 1.46 bits per heavy atom. The SMILES string of the molecule is CCCCCCCCCCCC(=O)O.O=S(=O)([O-])O.OCC(O)CO.[Na+]. The first-order chi connectivity index (χ1) is 11.6. The number of unbranched alkanes of at least 4 members (excludes halogenated alkanes) is 8. The number of aliphatic hydroxyl groups is 3. The summed E-state index contributed by atoms with van der Waals surface area (Å²) in [7, 11) is -4.92. The Balaban J connectivity index is -0.000000168. The van der Waals surface area contributed by atoms with Crippen molar-refractivity contribution >= 4 is 16.4 Å². The average Bonchev–Trinajstić information content (AvgIpc) is 2.51. The molecule has 0 spiro atoms. The summed E-state index contributed by atoms with van der Waals surface area (Å²) in [4.78, 5) is 10.2. The van der Waals surface area contributed by atoms with Gasteiger partial charge in [0.05, 0.1) is 13.2 Å². The summed E-state index contributed by atoms with van der Waals surface area (Å²) in [6, 6.07) is 0. The van der Waals surface area contributed by atoms with Gasteiger partial charge in [-0.15, -0.1) is 0 Å². The Morgan fingerprint density at radius 2 is 1.23 bits per heavy atom. The van der Waals surface area contributed by atoms with Crippen molar-refractivity contribution in [2.75, 3.05) is 13.2 Å². The van der Waals surface area contributed by atoms with Crippen molar-refractivity contribution in [3.05, 3.63) is 0 Å². The minimum atomic E-state index is -4.92. The molecule has 0 amide bonds. The third-order valence-corrected chi connectivity index (χ3v) is 2.92. The molecule has 0 saturated heterocycles. The number of carboxylic acid groups (broad SMARTS) is 1. The number of carbonyl (C=O) groups is 1. The zero-order valence-corrected chi connectivity index (χ0v) is 18.7. The van der Waals surface area contributed by atoms with Crippen LogP contribution in [0.5, 0.6) is 0 Å². The summed E-state index contributed by atoms with van der Waals surface area (Å²) >= 11 is 0. The molecule has 0 rings (SSSR count). The van der Waals surface area contributed by atoms with E-state index in [0.717, 1.165) is 12.8 Å². The second-order valence-electron chi connectivity index (χ2n) is 5.42. The molecule has 9 nitrogen and oxygen atoms in total. The molecule has 0 aliphatic rings. The Morgan fingerprint density at radius 1 is 0.923 bits per heavy atom. The van der Waals surface area contributed by atoms with Crippen LogP contribution in [0.25, 0.3) is 0 Å². The molecule has 0 aromatic heterocycles. The molecule has 0 aromatic carbocycles. The maximum absolute atomic E-state index is 10.2. The molecule has 0 unspecified atom stereocenters. The summed E-state index contributed by atoms with van der Waals surface area (Å²) in [5.41, 5.74) is 0. The molecule has 26 heavy (non-hydrogen) atoms. The standard InChI is InChI=1S/C12H24O2.C3H8O3.Na.H2O4S/c1-2-3-4-5-6-7-8-9-10-11-12(13)14;4-1-3(6)2-5;;1-5(2,3)4/h2-11H2,1H3,(H,13,14);3-6H,1-2H2;;(H2,1,2,3,4)/q;;+1;/p-1. The molecular weight excluding hydrogens is 379 g/mol. The first-order valence-corrected chi connectivity index (χ1v) is 9.74. The van der Waals surface area contributed by atoms with Gasteiger partial charge in [0.1, 0.15) is 6.10 Å². The molecule has 154 valence electrons. The van der Waals surface area contributed by atoms with E-state index in [1.165, 1.54) is 44.9 Å². The molecule has 5 N–H and O–H groups in total.